The van der Waals surface area contributed by atoms with Gasteiger partial charge in [0.25, 0.3) is 0 Å². The van der Waals surface area contributed by atoms with Gasteiger partial charge < -0.3 is 23.7 Å². The Kier molecular flexibility index (Phi) is 11.1. The van der Waals surface area contributed by atoms with Crippen LogP contribution in [0.4, 0.5) is 0 Å². The van der Waals surface area contributed by atoms with Crippen LogP contribution in [-0.2, 0) is 20.7 Å². The van der Waals surface area contributed by atoms with E-state index in [9.17, 15) is 14.4 Å². The van der Waals surface area contributed by atoms with Gasteiger partial charge in [0, 0.05) is 6.08 Å². The van der Waals surface area contributed by atoms with Crippen LogP contribution in [0.15, 0.2) is 85.5 Å². The van der Waals surface area contributed by atoms with Crippen molar-refractivity contribution >= 4 is 17.9 Å². The maximum atomic E-state index is 12.5. The molecule has 8 heteroatoms. The second-order valence-corrected chi connectivity index (χ2v) is 8.05. The summed E-state index contributed by atoms with van der Waals surface area (Å²) in [6.07, 6.45) is 3.09. The topological polar surface area (TPSA) is 97.4 Å². The van der Waals surface area contributed by atoms with E-state index in [-0.39, 0.29) is 13.2 Å². The van der Waals surface area contributed by atoms with E-state index in [1.54, 1.807) is 60.7 Å². The van der Waals surface area contributed by atoms with Gasteiger partial charge in [0.05, 0.1) is 24.3 Å². The maximum absolute atomic E-state index is 12.5. The van der Waals surface area contributed by atoms with Gasteiger partial charge in [-0.15, -0.1) is 0 Å². The van der Waals surface area contributed by atoms with Crippen LogP contribution in [0.5, 0.6) is 17.2 Å². The van der Waals surface area contributed by atoms with E-state index in [4.69, 9.17) is 23.7 Å². The van der Waals surface area contributed by atoms with Crippen LogP contribution < -0.4 is 14.2 Å². The highest BCUT2D eigenvalue weighted by Crippen LogP contribution is 2.21. The molecule has 0 saturated carbocycles. The van der Waals surface area contributed by atoms with Crippen molar-refractivity contribution in [2.75, 3.05) is 26.4 Å². The van der Waals surface area contributed by atoms with Gasteiger partial charge in [-0.05, 0) is 72.6 Å². The summed E-state index contributed by atoms with van der Waals surface area (Å²) in [4.78, 5) is 35.7. The predicted octanol–water partition coefficient (Wildman–Crippen LogP) is 5.20. The molecule has 0 amide bonds. The summed E-state index contributed by atoms with van der Waals surface area (Å²) in [6.45, 7) is 6.41. The van der Waals surface area contributed by atoms with E-state index < -0.39 is 17.9 Å². The monoisotopic (exact) mass is 518 g/mol. The zero-order valence-electron chi connectivity index (χ0n) is 21.2. The molecular formula is C30H30O8. The Morgan fingerprint density at radius 2 is 1.18 bits per heavy atom. The van der Waals surface area contributed by atoms with E-state index >= 15 is 0 Å². The molecule has 0 aliphatic rings. The number of hydrogen-bond acceptors (Lipinski definition) is 8. The third-order valence-corrected chi connectivity index (χ3v) is 5.20. The van der Waals surface area contributed by atoms with Crippen LogP contribution in [0.2, 0.25) is 0 Å². The summed E-state index contributed by atoms with van der Waals surface area (Å²) in [5, 5.41) is 0. The number of ether oxygens (including phenoxy) is 5. The van der Waals surface area contributed by atoms with Gasteiger partial charge in [-0.1, -0.05) is 32.1 Å². The van der Waals surface area contributed by atoms with Gasteiger partial charge in [0.1, 0.15) is 30.5 Å². The lowest BCUT2D eigenvalue weighted by Gasteiger charge is -2.09. The van der Waals surface area contributed by atoms with Crippen molar-refractivity contribution in [2.24, 2.45) is 0 Å². The van der Waals surface area contributed by atoms with Gasteiger partial charge in [-0.25, -0.2) is 14.4 Å². The molecule has 0 N–H and O–H groups in total. The summed E-state index contributed by atoms with van der Waals surface area (Å²) in [5.41, 5.74) is 1.98. The summed E-state index contributed by atoms with van der Waals surface area (Å²) in [7, 11) is 0. The molecule has 38 heavy (non-hydrogen) atoms. The van der Waals surface area contributed by atoms with Crippen LogP contribution in [0.3, 0.4) is 0 Å². The second-order valence-electron chi connectivity index (χ2n) is 8.05. The van der Waals surface area contributed by atoms with Crippen molar-refractivity contribution in [3.8, 4) is 17.2 Å². The van der Waals surface area contributed by atoms with E-state index in [1.807, 2.05) is 12.1 Å². The summed E-state index contributed by atoms with van der Waals surface area (Å²) >= 11 is 0. The van der Waals surface area contributed by atoms with Gasteiger partial charge in [-0.3, -0.25) is 0 Å². The van der Waals surface area contributed by atoms with Crippen LogP contribution in [0, 0.1) is 0 Å². The lowest BCUT2D eigenvalue weighted by molar-refractivity contribution is -0.139. The molecular weight excluding hydrogens is 488 g/mol. The smallest absolute Gasteiger partial charge is 0.343 e. The van der Waals surface area contributed by atoms with Crippen LogP contribution >= 0.6 is 0 Å². The number of rotatable bonds is 14. The first kappa shape index (κ1) is 28.1. The first-order chi connectivity index (χ1) is 18.5. The van der Waals surface area contributed by atoms with Crippen molar-refractivity contribution < 1.29 is 38.1 Å². The average molecular weight is 519 g/mol. The fraction of sp³-hybridized carbons (Fsp3) is 0.233. The number of benzene rings is 3. The first-order valence-electron chi connectivity index (χ1n) is 12.2. The molecule has 0 spiro atoms. The minimum Gasteiger partial charge on any atom is -0.491 e. The van der Waals surface area contributed by atoms with Crippen molar-refractivity contribution in [3.05, 3.63) is 102 Å². The molecule has 0 saturated heterocycles. The largest absolute Gasteiger partial charge is 0.491 e. The Hall–Kier alpha value is -4.43. The molecule has 0 aromatic heterocycles. The minimum absolute atomic E-state index is 0.142. The van der Waals surface area contributed by atoms with Gasteiger partial charge in [-0.2, -0.15) is 0 Å². The van der Waals surface area contributed by atoms with Gasteiger partial charge in [0.15, 0.2) is 0 Å². The maximum Gasteiger partial charge on any atom is 0.343 e. The lowest BCUT2D eigenvalue weighted by atomic mass is 10.1. The predicted molar refractivity (Wildman–Crippen MR) is 141 cm³/mol. The Morgan fingerprint density at radius 1 is 0.684 bits per heavy atom. The first-order valence-corrected chi connectivity index (χ1v) is 12.2. The molecule has 8 nitrogen and oxygen atoms in total. The third-order valence-electron chi connectivity index (χ3n) is 5.20. The van der Waals surface area contributed by atoms with Crippen LogP contribution in [-0.4, -0.2) is 44.3 Å². The number of hydrogen-bond donors (Lipinski definition) is 0. The fourth-order valence-electron chi connectivity index (χ4n) is 3.27. The average Bonchev–Trinajstić information content (AvgIpc) is 2.94. The van der Waals surface area contributed by atoms with Crippen molar-refractivity contribution in [2.45, 2.75) is 19.8 Å². The zero-order chi connectivity index (χ0) is 27.2. The van der Waals surface area contributed by atoms with Gasteiger partial charge in [0.2, 0.25) is 0 Å². The summed E-state index contributed by atoms with van der Waals surface area (Å²) < 4.78 is 26.5. The van der Waals surface area contributed by atoms with E-state index in [2.05, 4.69) is 13.5 Å². The minimum atomic E-state index is -0.536. The molecule has 0 fully saturated rings. The summed E-state index contributed by atoms with van der Waals surface area (Å²) in [5.74, 6) is -0.267. The van der Waals surface area contributed by atoms with Crippen molar-refractivity contribution in [1.82, 2.24) is 0 Å². The third kappa shape index (κ3) is 9.22. The molecule has 198 valence electrons. The Balaban J connectivity index is 1.40. The molecule has 0 atom stereocenters. The standard InChI is InChI=1S/C30H30O8/c1-3-5-22-6-8-23(9-7-22)29(32)37-26-14-16-27(17-15-26)38-30(33)24-10-12-25(13-11-24)35-20-18-34-19-21-36-28(31)4-2/h4,6-17H,2-3,5,18-21H2,1H3. The molecule has 0 aliphatic heterocycles. The SMILES string of the molecule is C=CC(=O)OCCOCCOc1ccc(C(=O)Oc2ccc(OC(=O)c3ccc(CCC)cc3)cc2)cc1. The molecule has 0 unspecified atom stereocenters. The highest BCUT2D eigenvalue weighted by molar-refractivity contribution is 5.92. The quantitative estimate of drug-likeness (QED) is 0.124. The van der Waals surface area contributed by atoms with Crippen molar-refractivity contribution in [1.29, 1.82) is 0 Å². The zero-order valence-corrected chi connectivity index (χ0v) is 21.2. The lowest BCUT2D eigenvalue weighted by Crippen LogP contribution is -2.12. The van der Waals surface area contributed by atoms with Gasteiger partial charge >= 0.3 is 17.9 Å². The highest BCUT2D eigenvalue weighted by atomic mass is 16.6. The Labute approximate surface area is 221 Å². The Bertz CT molecular complexity index is 1200. The number of esters is 3. The van der Waals surface area contributed by atoms with Crippen LogP contribution in [0.25, 0.3) is 0 Å². The number of carbonyl (C=O) groups excluding carboxylic acids is 3. The van der Waals surface area contributed by atoms with E-state index in [1.165, 1.54) is 5.56 Å². The molecule has 0 heterocycles. The molecule has 0 aliphatic carbocycles. The molecule has 3 rings (SSSR count). The molecule has 0 radical (unpaired) electrons. The number of carbonyl (C=O) groups is 3. The highest BCUT2D eigenvalue weighted by Gasteiger charge is 2.11. The van der Waals surface area contributed by atoms with Crippen LogP contribution in [0.1, 0.15) is 39.6 Å². The number of aryl methyl sites for hydroxylation is 1. The van der Waals surface area contributed by atoms with E-state index in [0.717, 1.165) is 18.9 Å². The normalized spacial score (nSPS) is 10.3. The van der Waals surface area contributed by atoms with E-state index in [0.29, 0.717) is 41.6 Å². The molecule has 3 aromatic rings. The fourth-order valence-corrected chi connectivity index (χ4v) is 3.27. The summed E-state index contributed by atoms with van der Waals surface area (Å²) in [6, 6.07) is 20.1. The molecule has 0 bridgehead atoms. The molecule has 3 aromatic carbocycles. The second kappa shape index (κ2) is 15.0. The Morgan fingerprint density at radius 3 is 1.71 bits per heavy atom. The van der Waals surface area contributed by atoms with Crippen molar-refractivity contribution in [3.63, 3.8) is 0 Å².